The minimum absolute atomic E-state index is 0.0105. The van der Waals surface area contributed by atoms with Crippen LogP contribution in [0, 0.1) is 0 Å². The molecule has 0 amide bonds. The number of hydrogen-bond acceptors (Lipinski definition) is 2. The van der Waals surface area contributed by atoms with Crippen molar-refractivity contribution in [2.75, 3.05) is 11.9 Å². The predicted molar refractivity (Wildman–Crippen MR) is 74.5 cm³/mol. The maximum Gasteiger partial charge on any atom is 0.419 e. The van der Waals surface area contributed by atoms with Crippen molar-refractivity contribution in [3.8, 4) is 5.75 Å². The highest BCUT2D eigenvalue weighted by atomic mass is 19.4. The quantitative estimate of drug-likeness (QED) is 0.919. The van der Waals surface area contributed by atoms with E-state index < -0.39 is 11.7 Å². The fourth-order valence-electron chi connectivity index (χ4n) is 2.49. The number of ether oxygens (including phenoxy) is 1. The molecule has 0 saturated carbocycles. The van der Waals surface area contributed by atoms with Gasteiger partial charge in [-0.1, -0.05) is 30.3 Å². The van der Waals surface area contributed by atoms with Gasteiger partial charge in [-0.15, -0.1) is 0 Å². The minimum Gasteiger partial charge on any atom is -0.491 e. The van der Waals surface area contributed by atoms with Crippen molar-refractivity contribution >= 4 is 5.69 Å². The average Bonchev–Trinajstić information content (AvgIpc) is 2.87. The lowest BCUT2D eigenvalue weighted by molar-refractivity contribution is -0.139. The number of fused-ring (bicyclic) bond motifs is 1. The van der Waals surface area contributed by atoms with Crippen LogP contribution in [0.2, 0.25) is 0 Å². The van der Waals surface area contributed by atoms with Crippen molar-refractivity contribution in [3.05, 3.63) is 59.7 Å². The van der Waals surface area contributed by atoms with Crippen molar-refractivity contribution < 1.29 is 17.9 Å². The van der Waals surface area contributed by atoms with Gasteiger partial charge in [0.25, 0.3) is 0 Å². The van der Waals surface area contributed by atoms with Gasteiger partial charge in [-0.25, -0.2) is 0 Å². The van der Waals surface area contributed by atoms with Crippen molar-refractivity contribution in [3.63, 3.8) is 0 Å². The molecule has 0 bridgehead atoms. The number of nitrogens with one attached hydrogen (secondary N) is 1. The first-order chi connectivity index (χ1) is 10.0. The highest BCUT2D eigenvalue weighted by Gasteiger charge is 2.34. The smallest absolute Gasteiger partial charge is 0.419 e. The van der Waals surface area contributed by atoms with E-state index in [-0.39, 0.29) is 18.4 Å². The Kier molecular flexibility index (Phi) is 3.49. The third-order valence-corrected chi connectivity index (χ3v) is 3.48. The number of benzene rings is 2. The van der Waals surface area contributed by atoms with E-state index in [4.69, 9.17) is 4.74 Å². The second kappa shape index (κ2) is 5.31. The molecule has 2 aromatic carbocycles. The summed E-state index contributed by atoms with van der Waals surface area (Å²) in [4.78, 5) is 0. The molecular weight excluding hydrogens is 279 g/mol. The number of rotatable bonds is 3. The predicted octanol–water partition coefficient (Wildman–Crippen LogP) is 4.12. The van der Waals surface area contributed by atoms with Crippen molar-refractivity contribution in [1.82, 2.24) is 0 Å². The van der Waals surface area contributed by atoms with Crippen LogP contribution in [0.1, 0.15) is 11.1 Å². The van der Waals surface area contributed by atoms with Gasteiger partial charge in [-0.05, 0) is 30.2 Å². The fourth-order valence-corrected chi connectivity index (χ4v) is 2.49. The molecule has 2 nitrogen and oxygen atoms in total. The van der Waals surface area contributed by atoms with Crippen LogP contribution >= 0.6 is 0 Å². The molecule has 5 heteroatoms. The Bertz CT molecular complexity index is 614. The molecule has 1 aliphatic rings. The maximum atomic E-state index is 12.9. The zero-order valence-corrected chi connectivity index (χ0v) is 11.2. The summed E-state index contributed by atoms with van der Waals surface area (Å²) in [5.41, 5.74) is 1.45. The molecule has 110 valence electrons. The van der Waals surface area contributed by atoms with E-state index in [1.807, 2.05) is 24.3 Å². The van der Waals surface area contributed by atoms with Gasteiger partial charge in [0.05, 0.1) is 11.6 Å². The summed E-state index contributed by atoms with van der Waals surface area (Å²) in [6.45, 7) is 0.196. The molecule has 1 heterocycles. The van der Waals surface area contributed by atoms with Gasteiger partial charge < -0.3 is 10.1 Å². The van der Waals surface area contributed by atoms with Crippen LogP contribution in [-0.4, -0.2) is 12.6 Å². The van der Waals surface area contributed by atoms with Crippen LogP contribution in [0.3, 0.4) is 0 Å². The highest BCUT2D eigenvalue weighted by Crippen LogP contribution is 2.36. The standard InChI is InChI=1S/C16H14F3NO/c17-16(18,19)13-6-2-4-8-15(13)21-10-12-9-11-5-1-3-7-14(11)20-12/h1-8,12,20H,9-10H2. The van der Waals surface area contributed by atoms with Gasteiger partial charge in [0.2, 0.25) is 0 Å². The number of anilines is 1. The molecule has 21 heavy (non-hydrogen) atoms. The molecule has 2 aromatic rings. The molecule has 0 aromatic heterocycles. The normalized spacial score (nSPS) is 17.2. The summed E-state index contributed by atoms with van der Waals surface area (Å²) >= 11 is 0. The molecule has 1 N–H and O–H groups in total. The molecule has 0 spiro atoms. The molecule has 1 aliphatic heterocycles. The Balaban J connectivity index is 1.68. The lowest BCUT2D eigenvalue weighted by atomic mass is 10.1. The Morgan fingerprint density at radius 3 is 2.52 bits per heavy atom. The van der Waals surface area contributed by atoms with Crippen LogP contribution in [-0.2, 0) is 12.6 Å². The average molecular weight is 293 g/mol. The van der Waals surface area contributed by atoms with Crippen molar-refractivity contribution in [2.24, 2.45) is 0 Å². The van der Waals surface area contributed by atoms with Gasteiger partial charge in [0.15, 0.2) is 0 Å². The summed E-state index contributed by atoms with van der Waals surface area (Å²) in [5.74, 6) is -0.122. The molecule has 1 unspecified atom stereocenters. The van der Waals surface area contributed by atoms with Crippen LogP contribution in [0.15, 0.2) is 48.5 Å². The van der Waals surface area contributed by atoms with Crippen LogP contribution in [0.5, 0.6) is 5.75 Å². The second-order valence-electron chi connectivity index (χ2n) is 5.01. The Labute approximate surface area is 120 Å². The monoisotopic (exact) mass is 293 g/mol. The molecular formula is C16H14F3NO. The van der Waals surface area contributed by atoms with E-state index >= 15 is 0 Å². The largest absolute Gasteiger partial charge is 0.491 e. The van der Waals surface area contributed by atoms with Gasteiger partial charge >= 0.3 is 6.18 Å². The number of hydrogen-bond donors (Lipinski definition) is 1. The summed E-state index contributed by atoms with van der Waals surface area (Å²) < 4.78 is 44.0. The summed E-state index contributed by atoms with van der Waals surface area (Å²) in [6.07, 6.45) is -3.65. The maximum absolute atomic E-state index is 12.9. The highest BCUT2D eigenvalue weighted by molar-refractivity contribution is 5.56. The first kappa shape index (κ1) is 13.8. The van der Waals surface area contributed by atoms with Gasteiger partial charge in [0, 0.05) is 5.69 Å². The number of para-hydroxylation sites is 2. The summed E-state index contributed by atoms with van der Waals surface area (Å²) in [6, 6.07) is 13.1. The lowest BCUT2D eigenvalue weighted by Gasteiger charge is -2.16. The second-order valence-corrected chi connectivity index (χ2v) is 5.01. The molecule has 0 radical (unpaired) electrons. The zero-order chi connectivity index (χ0) is 14.9. The molecule has 1 atom stereocenters. The SMILES string of the molecule is FC(F)(F)c1ccccc1OCC1Cc2ccccc2N1. The van der Waals surface area contributed by atoms with Gasteiger partial charge in [-0.2, -0.15) is 13.2 Å². The van der Waals surface area contributed by atoms with E-state index in [1.165, 1.54) is 12.1 Å². The van der Waals surface area contributed by atoms with Crippen LogP contribution in [0.25, 0.3) is 0 Å². The third kappa shape index (κ3) is 2.96. The first-order valence-electron chi connectivity index (χ1n) is 6.67. The van der Waals surface area contributed by atoms with Gasteiger partial charge in [-0.3, -0.25) is 0 Å². The topological polar surface area (TPSA) is 21.3 Å². The number of alkyl halides is 3. The Hall–Kier alpha value is -2.17. The van der Waals surface area contributed by atoms with Crippen LogP contribution in [0.4, 0.5) is 18.9 Å². The molecule has 3 rings (SSSR count). The van der Waals surface area contributed by atoms with Crippen LogP contribution < -0.4 is 10.1 Å². The molecule has 0 saturated heterocycles. The zero-order valence-electron chi connectivity index (χ0n) is 11.2. The molecule has 0 aliphatic carbocycles. The van der Waals surface area contributed by atoms with Crippen molar-refractivity contribution in [1.29, 1.82) is 0 Å². The lowest BCUT2D eigenvalue weighted by Crippen LogP contribution is -2.25. The summed E-state index contributed by atoms with van der Waals surface area (Å²) in [5, 5.41) is 3.26. The Morgan fingerprint density at radius 2 is 1.76 bits per heavy atom. The Morgan fingerprint density at radius 1 is 1.05 bits per heavy atom. The summed E-state index contributed by atoms with van der Waals surface area (Å²) in [7, 11) is 0. The van der Waals surface area contributed by atoms with E-state index in [2.05, 4.69) is 5.32 Å². The molecule has 0 fully saturated rings. The minimum atomic E-state index is -4.40. The first-order valence-corrected chi connectivity index (χ1v) is 6.67. The number of halogens is 3. The van der Waals surface area contributed by atoms with E-state index in [0.717, 1.165) is 23.7 Å². The van der Waals surface area contributed by atoms with E-state index in [9.17, 15) is 13.2 Å². The van der Waals surface area contributed by atoms with Gasteiger partial charge in [0.1, 0.15) is 12.4 Å². The third-order valence-electron chi connectivity index (χ3n) is 3.48. The van der Waals surface area contributed by atoms with E-state index in [1.54, 1.807) is 6.07 Å². The van der Waals surface area contributed by atoms with Crippen molar-refractivity contribution in [2.45, 2.75) is 18.6 Å². The fraction of sp³-hybridized carbons (Fsp3) is 0.250. The van der Waals surface area contributed by atoms with E-state index in [0.29, 0.717) is 0 Å².